The maximum Gasteiger partial charge on any atom is 0.211 e. The van der Waals surface area contributed by atoms with Gasteiger partial charge in [0.2, 0.25) is 10.0 Å². The van der Waals surface area contributed by atoms with E-state index in [2.05, 4.69) is 10.0 Å². The van der Waals surface area contributed by atoms with Crippen LogP contribution in [0, 0.1) is 0 Å². The largest absolute Gasteiger partial charge is 0.314 e. The molecule has 1 unspecified atom stereocenters. The quantitative estimate of drug-likeness (QED) is 0.556. The second-order valence-corrected chi connectivity index (χ2v) is 7.79. The van der Waals surface area contributed by atoms with E-state index in [-0.39, 0.29) is 5.75 Å². The molecule has 1 atom stereocenters. The summed E-state index contributed by atoms with van der Waals surface area (Å²) in [5.74, 6) is 0.680. The number of rotatable bonds is 10. The van der Waals surface area contributed by atoms with Crippen molar-refractivity contribution >= 4 is 20.8 Å². The van der Waals surface area contributed by atoms with E-state index in [1.165, 1.54) is 0 Å². The molecule has 0 aliphatic carbocycles. The van der Waals surface area contributed by atoms with Crippen LogP contribution in [0.2, 0.25) is 0 Å². The van der Waals surface area contributed by atoms with Gasteiger partial charge < -0.3 is 5.32 Å². The minimum absolute atomic E-state index is 0.141. The van der Waals surface area contributed by atoms with E-state index in [1.807, 2.05) is 13.8 Å². The first kappa shape index (κ1) is 17.0. The minimum atomic E-state index is -3.17. The summed E-state index contributed by atoms with van der Waals surface area (Å²) in [4.78, 5) is 0. The molecule has 0 bridgehead atoms. The second kappa shape index (κ2) is 9.02. The van der Waals surface area contributed by atoms with Crippen LogP contribution < -0.4 is 10.0 Å². The highest BCUT2D eigenvalue weighted by Crippen LogP contribution is 1.91. The zero-order valence-corrected chi connectivity index (χ0v) is 12.5. The maximum atomic E-state index is 11.5. The van der Waals surface area contributed by atoms with Crippen molar-refractivity contribution in [3.8, 4) is 0 Å². The zero-order chi connectivity index (χ0) is 13.3. The Morgan fingerprint density at radius 1 is 1.18 bits per heavy atom. The fraction of sp³-hybridized carbons (Fsp3) is 1.00. The van der Waals surface area contributed by atoms with E-state index in [0.29, 0.717) is 37.7 Å². The van der Waals surface area contributed by atoms with Crippen LogP contribution in [0.15, 0.2) is 0 Å². The molecule has 0 aromatic rings. The third-order valence-electron chi connectivity index (χ3n) is 2.07. The molecule has 0 spiro atoms. The molecule has 5 nitrogen and oxygen atoms in total. The molecule has 0 radical (unpaired) electrons. The monoisotopic (exact) mass is 284 g/mol. The highest BCUT2D eigenvalue weighted by Gasteiger charge is 2.08. The Hall–Kier alpha value is 0.0200. The molecule has 0 rings (SSSR count). The molecule has 0 saturated carbocycles. The van der Waals surface area contributed by atoms with Crippen molar-refractivity contribution in [3.05, 3.63) is 0 Å². The Kier molecular flexibility index (Phi) is 9.03. The lowest BCUT2D eigenvalue weighted by Crippen LogP contribution is -2.31. The molecular weight excluding hydrogens is 260 g/mol. The standard InChI is InChI=1S/C10H24N2O3S2/c1-10(2)11-6-5-9-17(14,15)12-7-4-8-16(3)13/h10-12H,4-9H2,1-3H3. The molecule has 2 N–H and O–H groups in total. The third kappa shape index (κ3) is 12.3. The predicted molar refractivity (Wildman–Crippen MR) is 73.1 cm³/mol. The van der Waals surface area contributed by atoms with E-state index in [0.717, 1.165) is 0 Å². The first-order chi connectivity index (χ1) is 7.83. The fourth-order valence-corrected chi connectivity index (χ4v) is 2.90. The van der Waals surface area contributed by atoms with Gasteiger partial charge in [0.05, 0.1) is 5.75 Å². The molecular formula is C10H24N2O3S2. The van der Waals surface area contributed by atoms with E-state index >= 15 is 0 Å². The lowest BCUT2D eigenvalue weighted by molar-refractivity contribution is 0.560. The molecule has 0 aromatic heterocycles. The Bertz CT molecular complexity index is 316. The van der Waals surface area contributed by atoms with Crippen molar-refractivity contribution in [3.63, 3.8) is 0 Å². The lowest BCUT2D eigenvalue weighted by Gasteiger charge is -2.09. The average molecular weight is 284 g/mol. The zero-order valence-electron chi connectivity index (χ0n) is 10.9. The molecule has 0 heterocycles. The van der Waals surface area contributed by atoms with E-state index in [1.54, 1.807) is 6.26 Å². The van der Waals surface area contributed by atoms with Gasteiger partial charge in [0.15, 0.2) is 0 Å². The summed E-state index contributed by atoms with van der Waals surface area (Å²) in [5, 5.41) is 3.17. The van der Waals surface area contributed by atoms with Gasteiger partial charge in [0, 0.05) is 35.4 Å². The summed E-state index contributed by atoms with van der Waals surface area (Å²) in [5.41, 5.74) is 0. The summed E-state index contributed by atoms with van der Waals surface area (Å²) in [6, 6.07) is 0.380. The molecule has 0 fully saturated rings. The molecule has 7 heteroatoms. The molecule has 0 aliphatic rings. The molecule has 0 saturated heterocycles. The van der Waals surface area contributed by atoms with Crippen molar-refractivity contribution in [1.29, 1.82) is 0 Å². The summed E-state index contributed by atoms with van der Waals surface area (Å²) < 4.78 is 36.3. The number of hydrogen-bond donors (Lipinski definition) is 2. The summed E-state index contributed by atoms with van der Waals surface area (Å²) in [6.45, 7) is 5.13. The number of nitrogens with one attached hydrogen (secondary N) is 2. The van der Waals surface area contributed by atoms with Gasteiger partial charge in [-0.3, -0.25) is 4.21 Å². The molecule has 0 aromatic carbocycles. The Morgan fingerprint density at radius 2 is 1.82 bits per heavy atom. The molecule has 17 heavy (non-hydrogen) atoms. The normalized spacial score (nSPS) is 14.1. The van der Waals surface area contributed by atoms with Gasteiger partial charge in [-0.1, -0.05) is 13.8 Å². The maximum absolute atomic E-state index is 11.5. The van der Waals surface area contributed by atoms with Gasteiger partial charge in [-0.25, -0.2) is 13.1 Å². The highest BCUT2D eigenvalue weighted by atomic mass is 32.2. The lowest BCUT2D eigenvalue weighted by atomic mass is 10.4. The topological polar surface area (TPSA) is 75.3 Å². The van der Waals surface area contributed by atoms with E-state index < -0.39 is 20.8 Å². The number of sulfonamides is 1. The van der Waals surface area contributed by atoms with Gasteiger partial charge in [-0.15, -0.1) is 0 Å². The molecule has 104 valence electrons. The smallest absolute Gasteiger partial charge is 0.211 e. The van der Waals surface area contributed by atoms with Crippen LogP contribution in [0.3, 0.4) is 0 Å². The van der Waals surface area contributed by atoms with E-state index in [4.69, 9.17) is 0 Å². The van der Waals surface area contributed by atoms with Crippen LogP contribution in [0.4, 0.5) is 0 Å². The van der Waals surface area contributed by atoms with Crippen molar-refractivity contribution in [2.45, 2.75) is 32.7 Å². The van der Waals surface area contributed by atoms with Crippen molar-refractivity contribution < 1.29 is 12.6 Å². The van der Waals surface area contributed by atoms with Gasteiger partial charge >= 0.3 is 0 Å². The summed E-state index contributed by atoms with van der Waals surface area (Å²) in [6.07, 6.45) is 2.84. The Morgan fingerprint density at radius 3 is 2.35 bits per heavy atom. The van der Waals surface area contributed by atoms with Crippen molar-refractivity contribution in [1.82, 2.24) is 10.0 Å². The minimum Gasteiger partial charge on any atom is -0.314 e. The Balaban J connectivity index is 3.62. The molecule has 0 aliphatic heterocycles. The highest BCUT2D eigenvalue weighted by molar-refractivity contribution is 7.89. The average Bonchev–Trinajstić information content (AvgIpc) is 2.19. The SMILES string of the molecule is CC(C)NCCCS(=O)(=O)NCCCS(C)=O. The van der Waals surface area contributed by atoms with Crippen molar-refractivity contribution in [2.75, 3.05) is 30.9 Å². The van der Waals surface area contributed by atoms with Crippen molar-refractivity contribution in [2.24, 2.45) is 0 Å². The van der Waals surface area contributed by atoms with Crippen LogP contribution in [0.1, 0.15) is 26.7 Å². The molecule has 0 amide bonds. The van der Waals surface area contributed by atoms with E-state index in [9.17, 15) is 12.6 Å². The summed E-state index contributed by atoms with van der Waals surface area (Å²) in [7, 11) is -4.02. The third-order valence-corrected chi connectivity index (χ3v) is 4.41. The first-order valence-corrected chi connectivity index (χ1v) is 9.22. The number of hydrogen-bond acceptors (Lipinski definition) is 4. The van der Waals surface area contributed by atoms with Gasteiger partial charge in [0.25, 0.3) is 0 Å². The van der Waals surface area contributed by atoms with Gasteiger partial charge in [0.1, 0.15) is 0 Å². The van der Waals surface area contributed by atoms with Crippen LogP contribution in [0.5, 0.6) is 0 Å². The predicted octanol–water partition coefficient (Wildman–Crippen LogP) is 0.0625. The van der Waals surface area contributed by atoms with Crippen LogP contribution in [-0.2, 0) is 20.8 Å². The summed E-state index contributed by atoms with van der Waals surface area (Å²) >= 11 is 0. The van der Waals surface area contributed by atoms with Crippen LogP contribution in [-0.4, -0.2) is 49.5 Å². The fourth-order valence-electron chi connectivity index (χ4n) is 1.23. The van der Waals surface area contributed by atoms with Crippen LogP contribution >= 0.6 is 0 Å². The first-order valence-electron chi connectivity index (χ1n) is 5.84. The van der Waals surface area contributed by atoms with Gasteiger partial charge in [-0.05, 0) is 19.4 Å². The second-order valence-electron chi connectivity index (χ2n) is 4.31. The Labute approximate surface area is 107 Å². The van der Waals surface area contributed by atoms with Crippen LogP contribution in [0.25, 0.3) is 0 Å². The van der Waals surface area contributed by atoms with Gasteiger partial charge in [-0.2, -0.15) is 0 Å².